The van der Waals surface area contributed by atoms with E-state index in [0.29, 0.717) is 0 Å². The molecule has 2 aromatic heterocycles. The predicted molar refractivity (Wildman–Crippen MR) is 126 cm³/mol. The average Bonchev–Trinajstić information content (AvgIpc) is 3.27. The summed E-state index contributed by atoms with van der Waals surface area (Å²) in [5.41, 5.74) is 6.71. The van der Waals surface area contributed by atoms with Crippen LogP contribution < -0.4 is 0 Å². The van der Waals surface area contributed by atoms with E-state index in [1.165, 1.54) is 58.7 Å². The topological polar surface area (TPSA) is 4.93 Å². The van der Waals surface area contributed by atoms with Gasteiger partial charge in [0.1, 0.15) is 0 Å². The summed E-state index contributed by atoms with van der Waals surface area (Å²) in [5.74, 6) is 0. The molecule has 0 fully saturated rings. The van der Waals surface area contributed by atoms with E-state index < -0.39 is 0 Å². The molecule has 0 N–H and O–H groups in total. The molecule has 138 valence electrons. The van der Waals surface area contributed by atoms with Crippen LogP contribution in [0.4, 0.5) is 0 Å². The largest absolute Gasteiger partial charge is 0.330 e. The smallest absolute Gasteiger partial charge is 0.0653 e. The van der Waals surface area contributed by atoms with E-state index in [-0.39, 0.29) is 5.54 Å². The minimum absolute atomic E-state index is 0.107. The molecule has 0 aliphatic carbocycles. The summed E-state index contributed by atoms with van der Waals surface area (Å²) in [6.07, 6.45) is 0. The van der Waals surface area contributed by atoms with Crippen molar-refractivity contribution in [2.45, 2.75) is 19.4 Å². The lowest BCUT2D eigenvalue weighted by atomic mass is 9.83. The van der Waals surface area contributed by atoms with Gasteiger partial charge in [0, 0.05) is 36.5 Å². The highest BCUT2D eigenvalue weighted by Gasteiger charge is 2.34. The zero-order chi connectivity index (χ0) is 19.3. The molecule has 1 aliphatic rings. The van der Waals surface area contributed by atoms with Gasteiger partial charge in [-0.1, -0.05) is 60.7 Å². The van der Waals surface area contributed by atoms with Crippen molar-refractivity contribution in [1.29, 1.82) is 0 Å². The van der Waals surface area contributed by atoms with Gasteiger partial charge in [0.05, 0.1) is 16.6 Å². The normalized spacial score (nSPS) is 14.8. The van der Waals surface area contributed by atoms with Crippen LogP contribution in [0, 0.1) is 0 Å². The Morgan fingerprint density at radius 3 is 2.34 bits per heavy atom. The highest BCUT2D eigenvalue weighted by atomic mass is 32.1. The number of nitrogens with zero attached hydrogens (tertiary/aromatic N) is 1. The first-order chi connectivity index (χ1) is 14.1. The number of benzene rings is 4. The Kier molecular flexibility index (Phi) is 2.77. The van der Waals surface area contributed by atoms with Crippen molar-refractivity contribution >= 4 is 53.3 Å². The van der Waals surface area contributed by atoms with Crippen molar-refractivity contribution in [2.75, 3.05) is 0 Å². The van der Waals surface area contributed by atoms with Crippen molar-refractivity contribution < 1.29 is 0 Å². The zero-order valence-electron chi connectivity index (χ0n) is 16.4. The van der Waals surface area contributed by atoms with Crippen molar-refractivity contribution in [3.05, 3.63) is 84.4 Å². The third kappa shape index (κ3) is 1.81. The van der Waals surface area contributed by atoms with Gasteiger partial charge in [-0.25, -0.2) is 0 Å². The molecule has 4 aromatic carbocycles. The molecule has 0 radical (unpaired) electrons. The van der Waals surface area contributed by atoms with Gasteiger partial charge >= 0.3 is 0 Å². The second kappa shape index (κ2) is 5.08. The van der Waals surface area contributed by atoms with Crippen molar-refractivity contribution in [1.82, 2.24) is 4.57 Å². The summed E-state index contributed by atoms with van der Waals surface area (Å²) in [6, 6.07) is 29.3. The fourth-order valence-corrected chi connectivity index (χ4v) is 6.58. The van der Waals surface area contributed by atoms with Gasteiger partial charge in [-0.15, -0.1) is 11.3 Å². The molecule has 1 nitrogen and oxygen atoms in total. The van der Waals surface area contributed by atoms with E-state index in [4.69, 9.17) is 0 Å². The number of rotatable bonds is 0. The molecule has 7 rings (SSSR count). The Bertz CT molecular complexity index is 1630. The van der Waals surface area contributed by atoms with Crippen LogP contribution in [-0.2, 0) is 5.54 Å². The van der Waals surface area contributed by atoms with Crippen LogP contribution in [0.15, 0.2) is 78.9 Å². The number of aromatic nitrogens is 1. The maximum absolute atomic E-state index is 2.58. The van der Waals surface area contributed by atoms with E-state index in [9.17, 15) is 0 Å². The number of para-hydroxylation sites is 1. The lowest BCUT2D eigenvalue weighted by Crippen LogP contribution is -2.30. The minimum atomic E-state index is -0.107. The minimum Gasteiger partial charge on any atom is -0.330 e. The first kappa shape index (κ1) is 15.8. The molecule has 0 atom stereocenters. The summed E-state index contributed by atoms with van der Waals surface area (Å²) in [6.45, 7) is 4.72. The van der Waals surface area contributed by atoms with Crippen LogP contribution >= 0.6 is 11.3 Å². The van der Waals surface area contributed by atoms with Gasteiger partial charge < -0.3 is 4.57 Å². The van der Waals surface area contributed by atoms with Crippen LogP contribution in [0.5, 0.6) is 0 Å². The number of fused-ring (bicyclic) bond motifs is 8. The molecular formula is C27H19NS. The SMILES string of the molecule is CC1(C)c2ccccc2-c2cccc3c4cc5sc6ccccc6c5cc4n1c23. The molecule has 0 amide bonds. The molecular weight excluding hydrogens is 370 g/mol. The van der Waals surface area contributed by atoms with Crippen LogP contribution in [0.3, 0.4) is 0 Å². The molecule has 0 unspecified atom stereocenters. The summed E-state index contributed by atoms with van der Waals surface area (Å²) in [5, 5.41) is 5.45. The first-order valence-corrected chi connectivity index (χ1v) is 10.9. The lowest BCUT2D eigenvalue weighted by molar-refractivity contribution is 0.462. The Hall–Kier alpha value is -3.10. The third-order valence-electron chi connectivity index (χ3n) is 6.72. The van der Waals surface area contributed by atoms with Crippen molar-refractivity contribution in [2.24, 2.45) is 0 Å². The molecule has 0 saturated heterocycles. The molecule has 2 heteroatoms. The summed E-state index contributed by atoms with van der Waals surface area (Å²) >= 11 is 1.90. The van der Waals surface area contributed by atoms with Crippen LogP contribution in [0.1, 0.15) is 19.4 Å². The molecule has 3 heterocycles. The molecule has 0 saturated carbocycles. The Balaban J connectivity index is 1.75. The van der Waals surface area contributed by atoms with E-state index in [1.54, 1.807) is 0 Å². The van der Waals surface area contributed by atoms with Crippen LogP contribution in [0.25, 0.3) is 53.1 Å². The van der Waals surface area contributed by atoms with Crippen LogP contribution in [-0.4, -0.2) is 4.57 Å². The monoisotopic (exact) mass is 389 g/mol. The van der Waals surface area contributed by atoms with Gasteiger partial charge in [-0.3, -0.25) is 0 Å². The average molecular weight is 390 g/mol. The molecule has 6 aromatic rings. The molecule has 0 bridgehead atoms. The number of hydrogen-bond acceptors (Lipinski definition) is 1. The third-order valence-corrected chi connectivity index (χ3v) is 7.85. The number of hydrogen-bond donors (Lipinski definition) is 0. The van der Waals surface area contributed by atoms with Gasteiger partial charge in [0.15, 0.2) is 0 Å². The van der Waals surface area contributed by atoms with Crippen molar-refractivity contribution in [3.8, 4) is 11.1 Å². The predicted octanol–water partition coefficient (Wildman–Crippen LogP) is 7.93. The Labute approximate surface area is 172 Å². The van der Waals surface area contributed by atoms with Gasteiger partial charge in [0.25, 0.3) is 0 Å². The highest BCUT2D eigenvalue weighted by molar-refractivity contribution is 7.25. The highest BCUT2D eigenvalue weighted by Crippen LogP contribution is 2.49. The molecule has 1 aliphatic heterocycles. The number of thiophene rings is 1. The second-order valence-corrected chi connectivity index (χ2v) is 9.69. The second-order valence-electron chi connectivity index (χ2n) is 8.61. The van der Waals surface area contributed by atoms with E-state index in [1.807, 2.05) is 11.3 Å². The summed E-state index contributed by atoms with van der Waals surface area (Å²) in [7, 11) is 0. The maximum Gasteiger partial charge on any atom is 0.0653 e. The Morgan fingerprint density at radius 1 is 0.655 bits per heavy atom. The fraction of sp³-hybridized carbons (Fsp3) is 0.111. The fourth-order valence-electron chi connectivity index (χ4n) is 5.45. The lowest BCUT2D eigenvalue weighted by Gasteiger charge is -2.36. The summed E-state index contributed by atoms with van der Waals surface area (Å²) in [4.78, 5) is 0. The van der Waals surface area contributed by atoms with E-state index >= 15 is 0 Å². The molecule has 29 heavy (non-hydrogen) atoms. The quantitative estimate of drug-likeness (QED) is 0.249. The van der Waals surface area contributed by atoms with Gasteiger partial charge in [-0.2, -0.15) is 0 Å². The van der Waals surface area contributed by atoms with Gasteiger partial charge in [-0.05, 0) is 43.2 Å². The Morgan fingerprint density at radius 2 is 1.41 bits per heavy atom. The maximum atomic E-state index is 2.58. The van der Waals surface area contributed by atoms with E-state index in [0.717, 1.165) is 0 Å². The molecule has 0 spiro atoms. The summed E-state index contributed by atoms with van der Waals surface area (Å²) < 4.78 is 5.32. The van der Waals surface area contributed by atoms with Gasteiger partial charge in [0.2, 0.25) is 0 Å². The first-order valence-electron chi connectivity index (χ1n) is 10.1. The van der Waals surface area contributed by atoms with Crippen LogP contribution in [0.2, 0.25) is 0 Å². The van der Waals surface area contributed by atoms with Crippen molar-refractivity contribution in [3.63, 3.8) is 0 Å². The zero-order valence-corrected chi connectivity index (χ0v) is 17.2. The standard InChI is InChI=1S/C27H19NS/c1-27(2)22-12-5-3-8-16(22)18-10-7-11-19-20-15-25-21(14-23(20)28(27)26(18)19)17-9-4-6-13-24(17)29-25/h3-15H,1-2H3. The van der Waals surface area contributed by atoms with E-state index in [2.05, 4.69) is 97.3 Å².